The molecule has 20 heavy (non-hydrogen) atoms. The van der Waals surface area contributed by atoms with Crippen LogP contribution in [0.25, 0.3) is 0 Å². The van der Waals surface area contributed by atoms with E-state index in [1.807, 2.05) is 38.1 Å². The van der Waals surface area contributed by atoms with Gasteiger partial charge in [0.25, 0.3) is 5.91 Å². The van der Waals surface area contributed by atoms with Crippen LogP contribution in [0.1, 0.15) is 27.0 Å². The number of nitrogens with two attached hydrogens (primary N) is 1. The van der Waals surface area contributed by atoms with Gasteiger partial charge in [0, 0.05) is 11.3 Å². The molecule has 0 bridgehead atoms. The number of carbonyl (C=O) groups excluding carboxylic acids is 1. The molecular weight excluding hydrogens is 250 g/mol. The first-order valence-corrected chi connectivity index (χ1v) is 6.19. The number of hydrogen-bond acceptors (Lipinski definition) is 3. The molecule has 0 aliphatic rings. The lowest BCUT2D eigenvalue weighted by molar-refractivity contribution is 0.102. The Balaban J connectivity index is 2.33. The van der Waals surface area contributed by atoms with Crippen molar-refractivity contribution in [1.82, 2.24) is 0 Å². The fourth-order valence-electron chi connectivity index (χ4n) is 1.93. The van der Waals surface area contributed by atoms with E-state index >= 15 is 0 Å². The van der Waals surface area contributed by atoms with Crippen LogP contribution < -0.4 is 11.1 Å². The van der Waals surface area contributed by atoms with Gasteiger partial charge >= 0.3 is 0 Å². The third-order valence-corrected chi connectivity index (χ3v) is 3.05. The highest BCUT2D eigenvalue weighted by Crippen LogP contribution is 2.20. The predicted octanol–water partition coefficient (Wildman–Crippen LogP) is 3.01. The zero-order valence-corrected chi connectivity index (χ0v) is 11.4. The second-order valence-electron chi connectivity index (χ2n) is 4.69. The van der Waals surface area contributed by atoms with Crippen molar-refractivity contribution in [3.63, 3.8) is 0 Å². The number of nitrogen functional groups attached to an aromatic ring is 1. The molecule has 0 spiro atoms. The van der Waals surface area contributed by atoms with Crippen molar-refractivity contribution in [2.75, 3.05) is 11.1 Å². The van der Waals surface area contributed by atoms with Crippen LogP contribution in [0.3, 0.4) is 0 Å². The van der Waals surface area contributed by atoms with Crippen molar-refractivity contribution in [3.05, 3.63) is 58.7 Å². The molecule has 0 aliphatic heterocycles. The van der Waals surface area contributed by atoms with Crippen LogP contribution in [-0.4, -0.2) is 5.91 Å². The number of benzene rings is 2. The molecular formula is C16H15N3O. The fourth-order valence-corrected chi connectivity index (χ4v) is 1.93. The SMILES string of the molecule is Cc1ccc(C)c(C(=O)Nc2ccc(N)cc2C#N)c1. The second-order valence-corrected chi connectivity index (χ2v) is 4.69. The summed E-state index contributed by atoms with van der Waals surface area (Å²) >= 11 is 0. The van der Waals surface area contributed by atoms with Gasteiger partial charge in [-0.2, -0.15) is 5.26 Å². The summed E-state index contributed by atoms with van der Waals surface area (Å²) < 4.78 is 0. The van der Waals surface area contributed by atoms with Gasteiger partial charge in [-0.3, -0.25) is 4.79 Å². The molecule has 0 unspecified atom stereocenters. The van der Waals surface area contributed by atoms with Crippen LogP contribution in [-0.2, 0) is 0 Å². The number of carbonyl (C=O) groups is 1. The van der Waals surface area contributed by atoms with Crippen LogP contribution >= 0.6 is 0 Å². The molecule has 1 amide bonds. The normalized spacial score (nSPS) is 9.85. The summed E-state index contributed by atoms with van der Waals surface area (Å²) in [6.07, 6.45) is 0. The maximum atomic E-state index is 12.3. The Morgan fingerprint density at radius 3 is 2.65 bits per heavy atom. The Bertz CT molecular complexity index is 714. The average Bonchev–Trinajstić information content (AvgIpc) is 2.43. The highest BCUT2D eigenvalue weighted by atomic mass is 16.1. The molecule has 0 heterocycles. The highest BCUT2D eigenvalue weighted by Gasteiger charge is 2.11. The molecule has 4 heteroatoms. The van der Waals surface area contributed by atoms with E-state index in [0.29, 0.717) is 22.5 Å². The molecule has 0 atom stereocenters. The maximum absolute atomic E-state index is 12.3. The molecule has 2 rings (SSSR count). The van der Waals surface area contributed by atoms with Crippen LogP contribution in [0.2, 0.25) is 0 Å². The van der Waals surface area contributed by atoms with E-state index in [-0.39, 0.29) is 5.91 Å². The van der Waals surface area contributed by atoms with Gasteiger partial charge in [0.2, 0.25) is 0 Å². The minimum absolute atomic E-state index is 0.229. The summed E-state index contributed by atoms with van der Waals surface area (Å²) in [6, 6.07) is 12.5. The quantitative estimate of drug-likeness (QED) is 0.819. The molecule has 4 nitrogen and oxygen atoms in total. The number of hydrogen-bond donors (Lipinski definition) is 2. The third kappa shape index (κ3) is 2.78. The zero-order valence-electron chi connectivity index (χ0n) is 11.4. The largest absolute Gasteiger partial charge is 0.399 e. The molecule has 0 aromatic heterocycles. The first-order chi connectivity index (χ1) is 9.51. The maximum Gasteiger partial charge on any atom is 0.255 e. The summed E-state index contributed by atoms with van der Waals surface area (Å²) in [4.78, 5) is 12.3. The number of nitrogens with one attached hydrogen (secondary N) is 1. The molecule has 0 saturated heterocycles. The van der Waals surface area contributed by atoms with Crippen molar-refractivity contribution >= 4 is 17.3 Å². The minimum Gasteiger partial charge on any atom is -0.399 e. The van der Waals surface area contributed by atoms with Gasteiger partial charge < -0.3 is 11.1 Å². The highest BCUT2D eigenvalue weighted by molar-refractivity contribution is 6.06. The van der Waals surface area contributed by atoms with E-state index in [4.69, 9.17) is 11.0 Å². The summed E-state index contributed by atoms with van der Waals surface area (Å²) in [5, 5.41) is 11.8. The Labute approximate surface area is 117 Å². The number of aryl methyl sites for hydroxylation is 2. The minimum atomic E-state index is -0.229. The van der Waals surface area contributed by atoms with E-state index in [2.05, 4.69) is 5.32 Å². The Hall–Kier alpha value is -2.80. The van der Waals surface area contributed by atoms with Gasteiger partial charge in [-0.15, -0.1) is 0 Å². The molecule has 0 fully saturated rings. The molecule has 2 aromatic carbocycles. The number of amides is 1. The smallest absolute Gasteiger partial charge is 0.255 e. The van der Waals surface area contributed by atoms with Crippen molar-refractivity contribution in [1.29, 1.82) is 5.26 Å². The van der Waals surface area contributed by atoms with E-state index in [1.54, 1.807) is 18.2 Å². The zero-order chi connectivity index (χ0) is 14.7. The standard InChI is InChI=1S/C16H15N3O/c1-10-3-4-11(2)14(7-10)16(20)19-15-6-5-13(18)8-12(15)9-17/h3-8H,18H2,1-2H3,(H,19,20). The predicted molar refractivity (Wildman–Crippen MR) is 79.4 cm³/mol. The van der Waals surface area contributed by atoms with Gasteiger partial charge in [-0.25, -0.2) is 0 Å². The van der Waals surface area contributed by atoms with Gasteiger partial charge in [-0.1, -0.05) is 17.7 Å². The average molecular weight is 265 g/mol. The topological polar surface area (TPSA) is 78.9 Å². The second kappa shape index (κ2) is 5.45. The summed E-state index contributed by atoms with van der Waals surface area (Å²) in [5.41, 5.74) is 9.44. The van der Waals surface area contributed by atoms with Crippen LogP contribution in [0.5, 0.6) is 0 Å². The fraction of sp³-hybridized carbons (Fsp3) is 0.125. The third-order valence-electron chi connectivity index (χ3n) is 3.05. The molecule has 0 saturated carbocycles. The van der Waals surface area contributed by atoms with Gasteiger partial charge in [0.1, 0.15) is 6.07 Å². The lowest BCUT2D eigenvalue weighted by Crippen LogP contribution is -2.14. The lowest BCUT2D eigenvalue weighted by Gasteiger charge is -2.10. The lowest BCUT2D eigenvalue weighted by atomic mass is 10.0. The Kier molecular flexibility index (Phi) is 3.72. The van der Waals surface area contributed by atoms with Crippen LogP contribution in [0.4, 0.5) is 11.4 Å². The van der Waals surface area contributed by atoms with E-state index < -0.39 is 0 Å². The number of rotatable bonds is 2. The molecule has 0 aliphatic carbocycles. The molecule has 0 radical (unpaired) electrons. The summed E-state index contributed by atoms with van der Waals surface area (Å²) in [6.45, 7) is 3.81. The number of nitrogens with zero attached hydrogens (tertiary/aromatic N) is 1. The first-order valence-electron chi connectivity index (χ1n) is 6.19. The number of nitriles is 1. The molecule has 100 valence electrons. The monoisotopic (exact) mass is 265 g/mol. The van der Waals surface area contributed by atoms with Crippen molar-refractivity contribution in [2.45, 2.75) is 13.8 Å². The summed E-state index contributed by atoms with van der Waals surface area (Å²) in [5.74, 6) is -0.229. The Morgan fingerprint density at radius 1 is 1.20 bits per heavy atom. The molecule has 2 aromatic rings. The van der Waals surface area contributed by atoms with Gasteiger partial charge in [-0.05, 0) is 43.7 Å². The van der Waals surface area contributed by atoms with Gasteiger partial charge in [0.15, 0.2) is 0 Å². The summed E-state index contributed by atoms with van der Waals surface area (Å²) in [7, 11) is 0. The Morgan fingerprint density at radius 2 is 1.95 bits per heavy atom. The van der Waals surface area contributed by atoms with E-state index in [1.165, 1.54) is 0 Å². The van der Waals surface area contributed by atoms with Crippen molar-refractivity contribution in [3.8, 4) is 6.07 Å². The molecule has 3 N–H and O–H groups in total. The van der Waals surface area contributed by atoms with Crippen LogP contribution in [0.15, 0.2) is 36.4 Å². The van der Waals surface area contributed by atoms with E-state index in [0.717, 1.165) is 11.1 Å². The van der Waals surface area contributed by atoms with Gasteiger partial charge in [0.05, 0.1) is 11.3 Å². The van der Waals surface area contributed by atoms with E-state index in [9.17, 15) is 4.79 Å². The van der Waals surface area contributed by atoms with Crippen molar-refractivity contribution in [2.24, 2.45) is 0 Å². The first kappa shape index (κ1) is 13.6. The number of anilines is 2. The van der Waals surface area contributed by atoms with Crippen molar-refractivity contribution < 1.29 is 4.79 Å². The van der Waals surface area contributed by atoms with Crippen LogP contribution in [0, 0.1) is 25.2 Å².